The predicted molar refractivity (Wildman–Crippen MR) is 37.6 cm³/mol. The van der Waals surface area contributed by atoms with Gasteiger partial charge in [0.1, 0.15) is 6.10 Å². The molecule has 1 heterocycles. The minimum atomic E-state index is -1.59. The number of cyclic esters (lactones) is 1. The SMILES string of the molecule is O=C1OC(C(O)CCl)C(O)C1=O. The van der Waals surface area contributed by atoms with E-state index in [1.807, 2.05) is 0 Å². The van der Waals surface area contributed by atoms with Crippen LogP contribution in [0.15, 0.2) is 0 Å². The van der Waals surface area contributed by atoms with Crippen molar-refractivity contribution < 1.29 is 24.5 Å². The predicted octanol–water partition coefficient (Wildman–Crippen LogP) is -1.56. The van der Waals surface area contributed by atoms with E-state index in [4.69, 9.17) is 21.8 Å². The van der Waals surface area contributed by atoms with Gasteiger partial charge in [-0.3, -0.25) is 4.79 Å². The fourth-order valence-electron chi connectivity index (χ4n) is 0.893. The Bertz CT molecular complexity index is 216. The van der Waals surface area contributed by atoms with Gasteiger partial charge in [-0.15, -0.1) is 11.6 Å². The van der Waals surface area contributed by atoms with Crippen LogP contribution in [-0.2, 0) is 14.3 Å². The normalized spacial score (nSPS) is 31.9. The molecule has 0 aliphatic carbocycles. The van der Waals surface area contributed by atoms with Gasteiger partial charge in [-0.1, -0.05) is 0 Å². The highest BCUT2D eigenvalue weighted by atomic mass is 35.5. The maximum atomic E-state index is 10.7. The van der Waals surface area contributed by atoms with E-state index in [2.05, 4.69) is 4.74 Å². The van der Waals surface area contributed by atoms with Crippen LogP contribution < -0.4 is 0 Å². The Kier molecular flexibility index (Phi) is 2.66. The lowest BCUT2D eigenvalue weighted by Crippen LogP contribution is -2.37. The number of carbonyl (C=O) groups excluding carboxylic acids is 2. The average Bonchev–Trinajstić information content (AvgIpc) is 2.32. The van der Waals surface area contributed by atoms with Crippen LogP contribution in [0.4, 0.5) is 0 Å². The number of esters is 1. The summed E-state index contributed by atoms with van der Waals surface area (Å²) in [5, 5.41) is 18.1. The van der Waals surface area contributed by atoms with E-state index in [1.54, 1.807) is 0 Å². The number of ether oxygens (including phenoxy) is 1. The Morgan fingerprint density at radius 2 is 2.17 bits per heavy atom. The molecule has 1 aliphatic heterocycles. The van der Waals surface area contributed by atoms with Crippen LogP contribution in [0.2, 0.25) is 0 Å². The summed E-state index contributed by atoms with van der Waals surface area (Å²) < 4.78 is 4.37. The first kappa shape index (κ1) is 9.44. The number of alkyl halides is 1. The minimum Gasteiger partial charge on any atom is -0.450 e. The summed E-state index contributed by atoms with van der Waals surface area (Å²) in [6.07, 6.45) is -4.02. The molecular weight excluding hydrogens is 188 g/mol. The van der Waals surface area contributed by atoms with Crippen molar-refractivity contribution in [1.82, 2.24) is 0 Å². The number of aliphatic hydroxyl groups excluding tert-OH is 2. The monoisotopic (exact) mass is 194 g/mol. The first-order chi connectivity index (χ1) is 5.57. The number of halogens is 1. The molecule has 6 heteroatoms. The third-order valence-electron chi connectivity index (χ3n) is 1.56. The molecule has 0 saturated carbocycles. The van der Waals surface area contributed by atoms with Crippen LogP contribution in [-0.4, -0.2) is 46.2 Å². The number of Topliss-reactive ketones (excluding diaryl/α,β-unsaturated/α-hetero) is 1. The molecule has 0 amide bonds. The molecule has 0 bridgehead atoms. The Morgan fingerprint density at radius 3 is 2.50 bits per heavy atom. The molecule has 3 unspecified atom stereocenters. The number of ketones is 1. The van der Waals surface area contributed by atoms with E-state index in [1.165, 1.54) is 0 Å². The van der Waals surface area contributed by atoms with Crippen LogP contribution in [0.5, 0.6) is 0 Å². The summed E-state index contributed by atoms with van der Waals surface area (Å²) in [5.74, 6) is -2.37. The lowest BCUT2D eigenvalue weighted by atomic mass is 10.1. The zero-order valence-corrected chi connectivity index (χ0v) is 6.69. The van der Waals surface area contributed by atoms with Gasteiger partial charge >= 0.3 is 5.97 Å². The highest BCUT2D eigenvalue weighted by Gasteiger charge is 2.45. The van der Waals surface area contributed by atoms with Crippen molar-refractivity contribution in [3.05, 3.63) is 0 Å². The lowest BCUT2D eigenvalue weighted by molar-refractivity contribution is -0.150. The zero-order valence-electron chi connectivity index (χ0n) is 5.94. The summed E-state index contributed by atoms with van der Waals surface area (Å²) in [4.78, 5) is 21.2. The number of rotatable bonds is 2. The quantitative estimate of drug-likeness (QED) is 0.316. The molecule has 1 rings (SSSR count). The molecule has 0 aromatic carbocycles. The van der Waals surface area contributed by atoms with Crippen LogP contribution in [0, 0.1) is 0 Å². The van der Waals surface area contributed by atoms with Crippen LogP contribution in [0.25, 0.3) is 0 Å². The van der Waals surface area contributed by atoms with Crippen LogP contribution in [0.1, 0.15) is 0 Å². The minimum absolute atomic E-state index is 0.206. The molecule has 1 fully saturated rings. The van der Waals surface area contributed by atoms with Crippen molar-refractivity contribution in [2.45, 2.75) is 18.3 Å². The van der Waals surface area contributed by atoms with E-state index < -0.39 is 30.1 Å². The van der Waals surface area contributed by atoms with Crippen LogP contribution in [0.3, 0.4) is 0 Å². The number of hydrogen-bond acceptors (Lipinski definition) is 5. The standard InChI is InChI=1S/C6H7ClO5/c7-1-2(8)5-3(9)4(10)6(11)12-5/h2-3,5,8-9H,1H2. The number of carbonyl (C=O) groups is 2. The highest BCUT2D eigenvalue weighted by molar-refractivity contribution is 6.37. The third kappa shape index (κ3) is 1.43. The van der Waals surface area contributed by atoms with E-state index in [9.17, 15) is 9.59 Å². The van der Waals surface area contributed by atoms with Crippen molar-refractivity contribution in [2.24, 2.45) is 0 Å². The summed E-state index contributed by atoms with van der Waals surface area (Å²) >= 11 is 5.23. The van der Waals surface area contributed by atoms with Gasteiger partial charge in [0.2, 0.25) is 0 Å². The topological polar surface area (TPSA) is 83.8 Å². The van der Waals surface area contributed by atoms with Crippen molar-refractivity contribution in [1.29, 1.82) is 0 Å². The Labute approximate surface area is 72.9 Å². The van der Waals surface area contributed by atoms with Crippen LogP contribution >= 0.6 is 11.6 Å². The van der Waals surface area contributed by atoms with E-state index in [0.29, 0.717) is 0 Å². The summed E-state index contributed by atoms with van der Waals surface area (Å²) in [5.41, 5.74) is 0. The van der Waals surface area contributed by atoms with Gasteiger partial charge in [-0.05, 0) is 0 Å². The first-order valence-corrected chi connectivity index (χ1v) is 3.78. The van der Waals surface area contributed by atoms with Crippen molar-refractivity contribution in [3.63, 3.8) is 0 Å². The maximum absolute atomic E-state index is 10.7. The molecule has 1 saturated heterocycles. The smallest absolute Gasteiger partial charge is 0.378 e. The lowest BCUT2D eigenvalue weighted by Gasteiger charge is -2.15. The fourth-order valence-corrected chi connectivity index (χ4v) is 1.07. The van der Waals surface area contributed by atoms with Gasteiger partial charge in [0.15, 0.2) is 12.2 Å². The second kappa shape index (κ2) is 3.38. The second-order valence-electron chi connectivity index (χ2n) is 2.40. The number of aliphatic hydroxyl groups is 2. The van der Waals surface area contributed by atoms with E-state index in [-0.39, 0.29) is 5.88 Å². The molecule has 3 atom stereocenters. The Morgan fingerprint density at radius 1 is 1.58 bits per heavy atom. The van der Waals surface area contributed by atoms with Crippen molar-refractivity contribution in [2.75, 3.05) is 5.88 Å². The molecule has 2 N–H and O–H groups in total. The Balaban J connectivity index is 2.70. The van der Waals surface area contributed by atoms with Gasteiger partial charge in [0.25, 0.3) is 5.78 Å². The fraction of sp³-hybridized carbons (Fsp3) is 0.667. The second-order valence-corrected chi connectivity index (χ2v) is 2.71. The zero-order chi connectivity index (χ0) is 9.30. The summed E-state index contributed by atoms with van der Waals surface area (Å²) in [6.45, 7) is 0. The molecule has 0 aromatic heterocycles. The van der Waals surface area contributed by atoms with E-state index >= 15 is 0 Å². The molecule has 12 heavy (non-hydrogen) atoms. The molecule has 0 aromatic rings. The summed E-state index contributed by atoms with van der Waals surface area (Å²) in [7, 11) is 0. The molecule has 5 nitrogen and oxygen atoms in total. The molecule has 0 radical (unpaired) electrons. The molecular formula is C6H7ClO5. The van der Waals surface area contributed by atoms with Crippen molar-refractivity contribution >= 4 is 23.4 Å². The van der Waals surface area contributed by atoms with E-state index in [0.717, 1.165) is 0 Å². The van der Waals surface area contributed by atoms with Gasteiger partial charge < -0.3 is 14.9 Å². The van der Waals surface area contributed by atoms with Gasteiger partial charge in [-0.25, -0.2) is 4.79 Å². The third-order valence-corrected chi connectivity index (χ3v) is 1.88. The van der Waals surface area contributed by atoms with Crippen molar-refractivity contribution in [3.8, 4) is 0 Å². The Hall–Kier alpha value is -0.650. The molecule has 0 spiro atoms. The largest absolute Gasteiger partial charge is 0.450 e. The highest BCUT2D eigenvalue weighted by Crippen LogP contribution is 2.15. The van der Waals surface area contributed by atoms with Gasteiger partial charge in [-0.2, -0.15) is 0 Å². The van der Waals surface area contributed by atoms with Gasteiger partial charge in [0, 0.05) is 0 Å². The number of hydrogen-bond donors (Lipinski definition) is 2. The summed E-state index contributed by atoms with van der Waals surface area (Å²) in [6, 6.07) is 0. The molecule has 1 aliphatic rings. The maximum Gasteiger partial charge on any atom is 0.378 e. The average molecular weight is 195 g/mol. The molecule has 68 valence electrons. The van der Waals surface area contributed by atoms with Gasteiger partial charge in [0.05, 0.1) is 5.88 Å². The first-order valence-electron chi connectivity index (χ1n) is 3.25.